The molecule has 2 aromatic rings. The number of hydrogen-bond acceptors (Lipinski definition) is 12. The van der Waals surface area contributed by atoms with E-state index in [1.807, 2.05) is 0 Å². The number of aliphatic carboxylic acids is 2. The van der Waals surface area contributed by atoms with Gasteiger partial charge in [-0.05, 0) is 18.2 Å². The van der Waals surface area contributed by atoms with Crippen LogP contribution in [0.4, 0.5) is 5.13 Å². The van der Waals surface area contributed by atoms with E-state index in [1.165, 1.54) is 29.3 Å². The minimum Gasteiger partial charge on any atom is -0.504 e. The van der Waals surface area contributed by atoms with Gasteiger partial charge < -0.3 is 36.3 Å². The van der Waals surface area contributed by atoms with E-state index in [0.717, 1.165) is 28.4 Å². The van der Waals surface area contributed by atoms with E-state index in [1.54, 1.807) is 0 Å². The fraction of sp³-hybridized carbons (Fsp3) is 0.200. The number of nitrogen functional groups attached to an aromatic ring is 1. The topological polar surface area (TPSA) is 225 Å². The molecular formula is C20H17N5O9S2. The average molecular weight is 536 g/mol. The van der Waals surface area contributed by atoms with E-state index >= 15 is 0 Å². The maximum Gasteiger partial charge on any atom is 0.352 e. The van der Waals surface area contributed by atoms with Crippen LogP contribution in [0.15, 0.2) is 40.5 Å². The third-order valence-corrected chi connectivity index (χ3v) is 6.97. The van der Waals surface area contributed by atoms with Gasteiger partial charge in [0.1, 0.15) is 22.8 Å². The molecule has 0 saturated carbocycles. The number of aromatic hydroxyl groups is 2. The van der Waals surface area contributed by atoms with Crippen LogP contribution in [0.5, 0.6) is 11.5 Å². The zero-order valence-electron chi connectivity index (χ0n) is 17.9. The molecule has 3 heterocycles. The number of anilines is 1. The molecule has 4 rings (SSSR count). The number of aromatic nitrogens is 1. The molecule has 188 valence electrons. The van der Waals surface area contributed by atoms with Crippen LogP contribution in [0.3, 0.4) is 0 Å². The first-order chi connectivity index (χ1) is 17.1. The number of rotatable bonds is 8. The normalized spacial score (nSPS) is 20.0. The van der Waals surface area contributed by atoms with Gasteiger partial charge in [0.2, 0.25) is 6.10 Å². The van der Waals surface area contributed by atoms with Crippen molar-refractivity contribution in [2.75, 3.05) is 11.5 Å². The molecular weight excluding hydrogens is 518 g/mol. The Bertz CT molecular complexity index is 1320. The fourth-order valence-corrected chi connectivity index (χ4v) is 5.15. The van der Waals surface area contributed by atoms with Crippen molar-refractivity contribution in [1.82, 2.24) is 15.2 Å². The Morgan fingerprint density at radius 1 is 1.25 bits per heavy atom. The van der Waals surface area contributed by atoms with Gasteiger partial charge in [0.15, 0.2) is 22.3 Å². The summed E-state index contributed by atoms with van der Waals surface area (Å²) < 4.78 is 0. The zero-order valence-corrected chi connectivity index (χ0v) is 19.5. The van der Waals surface area contributed by atoms with E-state index in [9.17, 15) is 39.6 Å². The average Bonchev–Trinajstić information content (AvgIpc) is 3.26. The van der Waals surface area contributed by atoms with Gasteiger partial charge in [0.05, 0.1) is 0 Å². The zero-order chi connectivity index (χ0) is 26.1. The van der Waals surface area contributed by atoms with Crippen molar-refractivity contribution in [2.45, 2.75) is 17.5 Å². The number of phenols is 2. The van der Waals surface area contributed by atoms with E-state index < -0.39 is 58.5 Å². The number of nitrogens with zero attached hydrogens (tertiary/aromatic N) is 3. The number of β-lactam (4-membered cyclic amide) rings is 1. The van der Waals surface area contributed by atoms with E-state index in [0.29, 0.717) is 5.75 Å². The summed E-state index contributed by atoms with van der Waals surface area (Å²) in [7, 11) is 0. The molecule has 7 N–H and O–H groups in total. The number of benzene rings is 1. The third-order valence-electron chi connectivity index (χ3n) is 5.11. The first-order valence-corrected chi connectivity index (χ1v) is 11.9. The molecule has 0 unspecified atom stereocenters. The van der Waals surface area contributed by atoms with Crippen molar-refractivity contribution < 1.29 is 44.4 Å². The predicted molar refractivity (Wildman–Crippen MR) is 125 cm³/mol. The van der Waals surface area contributed by atoms with Gasteiger partial charge in [-0.25, -0.2) is 14.6 Å². The van der Waals surface area contributed by atoms with Crippen LogP contribution < -0.4 is 11.1 Å². The molecule has 1 aromatic carbocycles. The number of nitrogens with one attached hydrogen (secondary N) is 1. The summed E-state index contributed by atoms with van der Waals surface area (Å²) in [6.07, 6.45) is -0.390. The van der Waals surface area contributed by atoms with Crippen molar-refractivity contribution in [2.24, 2.45) is 5.16 Å². The van der Waals surface area contributed by atoms with Crippen LogP contribution in [0.25, 0.3) is 0 Å². The molecule has 0 aliphatic carbocycles. The molecule has 2 amide bonds. The van der Waals surface area contributed by atoms with Crippen molar-refractivity contribution in [3.8, 4) is 11.5 Å². The lowest BCUT2D eigenvalue weighted by molar-refractivity contribution is -0.151. The Morgan fingerprint density at radius 2 is 2.00 bits per heavy atom. The van der Waals surface area contributed by atoms with Crippen LogP contribution in [-0.2, 0) is 24.0 Å². The smallest absolute Gasteiger partial charge is 0.352 e. The SMILES string of the molecule is Nc1nc(C(=NO[C@H](C(=O)O)c2ccc(O)c(O)c2)C(=O)N[C@@H]2C(=O)N3C(C(=O)O)=CCS[C@H]23)cs1. The fourth-order valence-electron chi connectivity index (χ4n) is 3.41. The van der Waals surface area contributed by atoms with Crippen LogP contribution >= 0.6 is 23.1 Å². The van der Waals surface area contributed by atoms with Crippen molar-refractivity contribution in [3.05, 3.63) is 46.6 Å². The standard InChI is InChI=1S/C20H17N5O9S2/c21-20-22-8(6-36-20)12(24-34-14(19(32)33)7-1-2-10(26)11(27)5-7)15(28)23-13-16(29)25-9(18(30)31)3-4-35-17(13)25/h1-3,5-6,13-14,17,26-27H,4H2,(H2,21,22)(H,23,28)(H,30,31)(H,32,33)/t13-,14+,17-/m1/s1. The highest BCUT2D eigenvalue weighted by Crippen LogP contribution is 2.37. The lowest BCUT2D eigenvalue weighted by Crippen LogP contribution is -2.70. The highest BCUT2D eigenvalue weighted by atomic mass is 32.2. The first-order valence-electron chi connectivity index (χ1n) is 9.97. The quantitative estimate of drug-likeness (QED) is 0.114. The molecule has 1 fully saturated rings. The number of nitrogens with two attached hydrogens (primary N) is 1. The Morgan fingerprint density at radius 3 is 2.61 bits per heavy atom. The second-order valence-electron chi connectivity index (χ2n) is 7.36. The Labute approximate surface area is 209 Å². The summed E-state index contributed by atoms with van der Waals surface area (Å²) in [5, 5.41) is 44.9. The first kappa shape index (κ1) is 24.8. The summed E-state index contributed by atoms with van der Waals surface area (Å²) in [5.74, 6) is -5.13. The number of carbonyl (C=O) groups excluding carboxylic acids is 2. The minimum atomic E-state index is -1.78. The highest BCUT2D eigenvalue weighted by molar-refractivity contribution is 8.00. The molecule has 36 heavy (non-hydrogen) atoms. The molecule has 0 radical (unpaired) electrons. The van der Waals surface area contributed by atoms with Gasteiger partial charge in [-0.1, -0.05) is 11.2 Å². The van der Waals surface area contributed by atoms with Crippen LogP contribution in [0, 0.1) is 0 Å². The Hall–Kier alpha value is -4.31. The van der Waals surface area contributed by atoms with Gasteiger partial charge in [-0.3, -0.25) is 14.5 Å². The third kappa shape index (κ3) is 4.63. The van der Waals surface area contributed by atoms with Crippen LogP contribution in [0.2, 0.25) is 0 Å². The van der Waals surface area contributed by atoms with Crippen molar-refractivity contribution >= 4 is 57.7 Å². The van der Waals surface area contributed by atoms with Gasteiger partial charge in [0.25, 0.3) is 11.8 Å². The summed E-state index contributed by atoms with van der Waals surface area (Å²) >= 11 is 2.22. The van der Waals surface area contributed by atoms with E-state index in [2.05, 4.69) is 15.5 Å². The second kappa shape index (κ2) is 9.74. The number of carboxylic acids is 2. The maximum atomic E-state index is 13.1. The van der Waals surface area contributed by atoms with Gasteiger partial charge in [-0.15, -0.1) is 23.1 Å². The Kier molecular flexibility index (Phi) is 6.71. The van der Waals surface area contributed by atoms with Crippen LogP contribution in [-0.4, -0.2) is 76.9 Å². The Balaban J connectivity index is 1.58. The number of carboxylic acid groups (broad SMARTS) is 2. The number of carbonyl (C=O) groups is 4. The van der Waals surface area contributed by atoms with Gasteiger partial charge >= 0.3 is 11.9 Å². The summed E-state index contributed by atoms with van der Waals surface area (Å²) in [6.45, 7) is 0. The number of oxime groups is 1. The number of amides is 2. The molecule has 0 bridgehead atoms. The maximum absolute atomic E-state index is 13.1. The number of thiazole rings is 1. The predicted octanol–water partition coefficient (Wildman–Crippen LogP) is 0.0515. The monoisotopic (exact) mass is 535 g/mol. The highest BCUT2D eigenvalue weighted by Gasteiger charge is 2.53. The number of hydrogen-bond donors (Lipinski definition) is 6. The largest absolute Gasteiger partial charge is 0.504 e. The summed E-state index contributed by atoms with van der Waals surface area (Å²) in [4.78, 5) is 58.9. The van der Waals surface area contributed by atoms with Gasteiger partial charge in [0, 0.05) is 16.7 Å². The number of thioether (sulfide) groups is 1. The number of phenolic OH excluding ortho intramolecular Hbond substituents is 2. The van der Waals surface area contributed by atoms with Crippen molar-refractivity contribution in [1.29, 1.82) is 0 Å². The molecule has 0 spiro atoms. The lowest BCUT2D eigenvalue weighted by Gasteiger charge is -2.48. The van der Waals surface area contributed by atoms with Crippen LogP contribution in [0.1, 0.15) is 17.4 Å². The lowest BCUT2D eigenvalue weighted by atomic mass is 10.0. The second-order valence-corrected chi connectivity index (χ2v) is 9.40. The molecule has 1 aromatic heterocycles. The summed E-state index contributed by atoms with van der Waals surface area (Å²) in [5.41, 5.74) is 4.83. The molecule has 16 heteroatoms. The molecule has 2 aliphatic rings. The minimum absolute atomic E-state index is 0.0567. The van der Waals surface area contributed by atoms with E-state index in [4.69, 9.17) is 10.6 Å². The molecule has 3 atom stereocenters. The van der Waals surface area contributed by atoms with E-state index in [-0.39, 0.29) is 22.1 Å². The summed E-state index contributed by atoms with van der Waals surface area (Å²) in [6, 6.07) is 2.12. The van der Waals surface area contributed by atoms with Gasteiger partial charge in [-0.2, -0.15) is 0 Å². The molecule has 14 nitrogen and oxygen atoms in total. The van der Waals surface area contributed by atoms with Crippen molar-refractivity contribution in [3.63, 3.8) is 0 Å². The molecule has 2 aliphatic heterocycles. The molecule has 1 saturated heterocycles. The number of fused-ring (bicyclic) bond motifs is 1.